The van der Waals surface area contributed by atoms with Gasteiger partial charge in [0.2, 0.25) is 0 Å². The van der Waals surface area contributed by atoms with Crippen LogP contribution in [0.25, 0.3) is 5.69 Å². The number of halogens is 2. The number of ether oxygens (including phenoxy) is 2. The van der Waals surface area contributed by atoms with Gasteiger partial charge in [-0.3, -0.25) is 0 Å². The van der Waals surface area contributed by atoms with E-state index in [-0.39, 0.29) is 12.2 Å². The maximum atomic E-state index is 13.3. The molecule has 112 valence electrons. The molecule has 1 heterocycles. The summed E-state index contributed by atoms with van der Waals surface area (Å²) < 4.78 is 37.4. The summed E-state index contributed by atoms with van der Waals surface area (Å²) in [5, 5.41) is 3.87. The number of hydrogen-bond acceptors (Lipinski definition) is 4. The van der Waals surface area contributed by atoms with Gasteiger partial charge in [-0.2, -0.15) is 5.10 Å². The van der Waals surface area contributed by atoms with E-state index in [0.717, 1.165) is 10.9 Å². The van der Waals surface area contributed by atoms with E-state index < -0.39 is 18.1 Å². The molecule has 2 aromatic rings. The number of aromatic nitrogens is 2. The quantitative estimate of drug-likeness (QED) is 0.796. The number of esters is 1. The fourth-order valence-electron chi connectivity index (χ4n) is 1.88. The van der Waals surface area contributed by atoms with E-state index >= 15 is 0 Å². The molecule has 0 aliphatic rings. The molecule has 0 atom stereocenters. The zero-order valence-electron chi connectivity index (χ0n) is 11.5. The molecular weight excluding hydrogens is 282 g/mol. The first-order valence-corrected chi connectivity index (χ1v) is 6.26. The molecule has 0 bridgehead atoms. The Balaban J connectivity index is 2.51. The van der Waals surface area contributed by atoms with Crippen molar-refractivity contribution in [2.75, 3.05) is 13.7 Å². The Bertz CT molecular complexity index is 641. The SMILES string of the molecule is CCOC(=O)c1cnn(-c2cccc(OC)c2)c1C(F)F. The minimum atomic E-state index is -2.86. The van der Waals surface area contributed by atoms with Crippen LogP contribution in [0.3, 0.4) is 0 Å². The fraction of sp³-hybridized carbons (Fsp3) is 0.286. The van der Waals surface area contributed by atoms with Gasteiger partial charge in [0.1, 0.15) is 17.0 Å². The molecule has 5 nitrogen and oxygen atoms in total. The van der Waals surface area contributed by atoms with Crippen LogP contribution in [0.4, 0.5) is 8.78 Å². The standard InChI is InChI=1S/C14H14F2N2O3/c1-3-21-14(19)11-8-17-18(12(11)13(15)16)9-5-4-6-10(7-9)20-2/h4-8,13H,3H2,1-2H3. The van der Waals surface area contributed by atoms with E-state index in [1.807, 2.05) is 0 Å². The molecule has 0 saturated heterocycles. The van der Waals surface area contributed by atoms with Crippen LogP contribution in [0.5, 0.6) is 5.75 Å². The maximum Gasteiger partial charge on any atom is 0.341 e. The van der Waals surface area contributed by atoms with E-state index in [9.17, 15) is 13.6 Å². The molecule has 0 N–H and O–H groups in total. The molecule has 7 heteroatoms. The number of benzene rings is 1. The average Bonchev–Trinajstić information content (AvgIpc) is 2.92. The molecule has 1 aromatic carbocycles. The minimum Gasteiger partial charge on any atom is -0.497 e. The molecule has 0 aliphatic carbocycles. The van der Waals surface area contributed by atoms with Gasteiger partial charge in [0, 0.05) is 6.07 Å². The number of nitrogens with zero attached hydrogens (tertiary/aromatic N) is 2. The lowest BCUT2D eigenvalue weighted by Gasteiger charge is -2.09. The van der Waals surface area contributed by atoms with Crippen molar-refractivity contribution in [3.8, 4) is 11.4 Å². The summed E-state index contributed by atoms with van der Waals surface area (Å²) in [5.74, 6) is -0.317. The van der Waals surface area contributed by atoms with Gasteiger partial charge in [-0.1, -0.05) is 6.07 Å². The van der Waals surface area contributed by atoms with Crippen molar-refractivity contribution >= 4 is 5.97 Å². The zero-order chi connectivity index (χ0) is 15.4. The summed E-state index contributed by atoms with van der Waals surface area (Å²) in [6, 6.07) is 6.47. The highest BCUT2D eigenvalue weighted by Crippen LogP contribution is 2.27. The topological polar surface area (TPSA) is 53.3 Å². The predicted octanol–water partition coefficient (Wildman–Crippen LogP) is 3.00. The van der Waals surface area contributed by atoms with Gasteiger partial charge in [0.05, 0.1) is 25.6 Å². The molecule has 21 heavy (non-hydrogen) atoms. The first-order chi connectivity index (χ1) is 10.1. The van der Waals surface area contributed by atoms with E-state index in [4.69, 9.17) is 9.47 Å². The van der Waals surface area contributed by atoms with Crippen molar-refractivity contribution < 1.29 is 23.0 Å². The highest BCUT2D eigenvalue weighted by atomic mass is 19.3. The lowest BCUT2D eigenvalue weighted by atomic mass is 10.2. The molecule has 0 amide bonds. The van der Waals surface area contributed by atoms with Crippen molar-refractivity contribution in [3.05, 3.63) is 41.7 Å². The van der Waals surface area contributed by atoms with Crippen LogP contribution in [0, 0.1) is 0 Å². The van der Waals surface area contributed by atoms with Gasteiger partial charge in [-0.05, 0) is 19.1 Å². The van der Waals surface area contributed by atoms with Crippen LogP contribution >= 0.6 is 0 Å². The largest absolute Gasteiger partial charge is 0.497 e. The maximum absolute atomic E-state index is 13.3. The lowest BCUT2D eigenvalue weighted by Crippen LogP contribution is -2.10. The second kappa shape index (κ2) is 6.34. The van der Waals surface area contributed by atoms with E-state index in [1.54, 1.807) is 31.2 Å². The van der Waals surface area contributed by atoms with Crippen LogP contribution in [0.2, 0.25) is 0 Å². The Morgan fingerprint density at radius 2 is 2.19 bits per heavy atom. The second-order valence-corrected chi connectivity index (χ2v) is 4.08. The average molecular weight is 296 g/mol. The van der Waals surface area contributed by atoms with Gasteiger partial charge in [-0.25, -0.2) is 18.3 Å². The molecule has 0 aliphatic heterocycles. The molecule has 0 radical (unpaired) electrons. The highest BCUT2D eigenvalue weighted by Gasteiger charge is 2.26. The van der Waals surface area contributed by atoms with Crippen LogP contribution in [0.1, 0.15) is 29.4 Å². The number of rotatable bonds is 5. The lowest BCUT2D eigenvalue weighted by molar-refractivity contribution is 0.0514. The summed E-state index contributed by atoms with van der Waals surface area (Å²) in [7, 11) is 1.47. The van der Waals surface area contributed by atoms with Crippen molar-refractivity contribution in [1.82, 2.24) is 9.78 Å². The number of carbonyl (C=O) groups excluding carboxylic acids is 1. The number of methoxy groups -OCH3 is 1. The first-order valence-electron chi connectivity index (χ1n) is 6.26. The minimum absolute atomic E-state index is 0.103. The van der Waals surface area contributed by atoms with Gasteiger partial charge in [-0.15, -0.1) is 0 Å². The summed E-state index contributed by atoms with van der Waals surface area (Å²) in [4.78, 5) is 11.7. The monoisotopic (exact) mass is 296 g/mol. The Hall–Kier alpha value is -2.44. The Morgan fingerprint density at radius 1 is 1.43 bits per heavy atom. The highest BCUT2D eigenvalue weighted by molar-refractivity contribution is 5.90. The third-order valence-electron chi connectivity index (χ3n) is 2.81. The van der Waals surface area contributed by atoms with Gasteiger partial charge in [0.25, 0.3) is 6.43 Å². The normalized spacial score (nSPS) is 10.7. The molecule has 0 spiro atoms. The number of alkyl halides is 2. The number of carbonyl (C=O) groups is 1. The Labute approximate surface area is 120 Å². The molecule has 1 aromatic heterocycles. The van der Waals surface area contributed by atoms with Gasteiger partial charge in [0.15, 0.2) is 0 Å². The Morgan fingerprint density at radius 3 is 2.81 bits per heavy atom. The second-order valence-electron chi connectivity index (χ2n) is 4.08. The fourth-order valence-corrected chi connectivity index (χ4v) is 1.88. The predicted molar refractivity (Wildman–Crippen MR) is 71.0 cm³/mol. The van der Waals surface area contributed by atoms with Crippen molar-refractivity contribution in [1.29, 1.82) is 0 Å². The zero-order valence-corrected chi connectivity index (χ0v) is 11.5. The molecular formula is C14H14F2N2O3. The smallest absolute Gasteiger partial charge is 0.341 e. The van der Waals surface area contributed by atoms with E-state index in [2.05, 4.69) is 5.10 Å². The van der Waals surface area contributed by atoms with Crippen molar-refractivity contribution in [2.24, 2.45) is 0 Å². The summed E-state index contributed by atoms with van der Waals surface area (Å²) in [5.41, 5.74) is -0.364. The molecule has 0 saturated carbocycles. The van der Waals surface area contributed by atoms with E-state index in [0.29, 0.717) is 11.4 Å². The van der Waals surface area contributed by atoms with Crippen molar-refractivity contribution in [3.63, 3.8) is 0 Å². The van der Waals surface area contributed by atoms with Crippen LogP contribution in [-0.4, -0.2) is 29.5 Å². The third kappa shape index (κ3) is 3.01. The third-order valence-corrected chi connectivity index (χ3v) is 2.81. The first kappa shape index (κ1) is 15.0. The summed E-state index contributed by atoms with van der Waals surface area (Å²) >= 11 is 0. The summed E-state index contributed by atoms with van der Waals surface area (Å²) in [6.45, 7) is 1.71. The summed E-state index contributed by atoms with van der Waals surface area (Å²) in [6.07, 6.45) is -1.78. The number of hydrogen-bond donors (Lipinski definition) is 0. The molecule has 0 unspecified atom stereocenters. The molecule has 0 fully saturated rings. The molecule has 2 rings (SSSR count). The van der Waals surface area contributed by atoms with Gasteiger partial charge < -0.3 is 9.47 Å². The van der Waals surface area contributed by atoms with Crippen LogP contribution < -0.4 is 4.74 Å². The van der Waals surface area contributed by atoms with Crippen molar-refractivity contribution in [2.45, 2.75) is 13.3 Å². The van der Waals surface area contributed by atoms with Gasteiger partial charge >= 0.3 is 5.97 Å². The van der Waals surface area contributed by atoms with Crippen LogP contribution in [0.15, 0.2) is 30.5 Å². The van der Waals surface area contributed by atoms with E-state index in [1.165, 1.54) is 7.11 Å². The Kier molecular flexibility index (Phi) is 4.52. The van der Waals surface area contributed by atoms with Crippen LogP contribution in [-0.2, 0) is 4.74 Å².